The number of fused-ring (bicyclic) bond motifs is 2. The minimum atomic E-state index is -0.821. The van der Waals surface area contributed by atoms with Crippen LogP contribution < -0.4 is 20.7 Å². The van der Waals surface area contributed by atoms with E-state index in [2.05, 4.69) is 20.2 Å². The summed E-state index contributed by atoms with van der Waals surface area (Å²) >= 11 is 0. The lowest BCUT2D eigenvalue weighted by atomic mass is 10.0. The Labute approximate surface area is 183 Å². The molecule has 2 atom stereocenters. The molecule has 2 aliphatic rings. The molecule has 0 unspecified atom stereocenters. The molecule has 7 nitrogen and oxygen atoms in total. The molecule has 32 heavy (non-hydrogen) atoms. The summed E-state index contributed by atoms with van der Waals surface area (Å²) < 4.78 is 34.1. The summed E-state index contributed by atoms with van der Waals surface area (Å²) in [5.74, 6) is -1.69. The zero-order valence-corrected chi connectivity index (χ0v) is 17.3. The van der Waals surface area contributed by atoms with E-state index in [0.29, 0.717) is 17.2 Å². The number of piperazine rings is 1. The first kappa shape index (κ1) is 20.3. The van der Waals surface area contributed by atoms with E-state index in [1.807, 2.05) is 0 Å². The van der Waals surface area contributed by atoms with Gasteiger partial charge in [-0.2, -0.15) is 0 Å². The Balaban J connectivity index is 1.66. The molecule has 1 aromatic heterocycles. The van der Waals surface area contributed by atoms with Crippen molar-refractivity contribution in [2.45, 2.75) is 18.5 Å². The summed E-state index contributed by atoms with van der Waals surface area (Å²) in [5, 5.41) is 3.44. The van der Waals surface area contributed by atoms with Gasteiger partial charge in [0.05, 0.1) is 12.7 Å². The smallest absolute Gasteiger partial charge is 0.268 e. The van der Waals surface area contributed by atoms with Gasteiger partial charge in [-0.05, 0) is 36.8 Å². The van der Waals surface area contributed by atoms with Crippen molar-refractivity contribution in [2.75, 3.05) is 25.1 Å². The van der Waals surface area contributed by atoms with Crippen molar-refractivity contribution in [3.8, 4) is 28.3 Å². The topological polar surface area (TPSA) is 93.4 Å². The van der Waals surface area contributed by atoms with Crippen molar-refractivity contribution in [3.05, 3.63) is 59.9 Å². The number of ether oxygens (including phenoxy) is 1. The summed E-state index contributed by atoms with van der Waals surface area (Å²) in [7, 11) is 1.40. The molecular weight excluding hydrogens is 416 g/mol. The molecule has 2 fully saturated rings. The predicted octanol–water partition coefficient (Wildman–Crippen LogP) is 2.75. The Kier molecular flexibility index (Phi) is 4.97. The monoisotopic (exact) mass is 437 g/mol. The molecule has 2 bridgehead atoms. The first-order valence-electron chi connectivity index (χ1n) is 10.3. The van der Waals surface area contributed by atoms with E-state index in [9.17, 15) is 13.6 Å². The summed E-state index contributed by atoms with van der Waals surface area (Å²) in [6, 6.07) is 9.42. The van der Waals surface area contributed by atoms with Gasteiger partial charge in [-0.25, -0.2) is 18.7 Å². The second-order valence-corrected chi connectivity index (χ2v) is 7.95. The maximum atomic E-state index is 14.5. The van der Waals surface area contributed by atoms with Gasteiger partial charge in [0.15, 0.2) is 5.82 Å². The highest BCUT2D eigenvalue weighted by Gasteiger charge is 2.38. The average Bonchev–Trinajstić information content (AvgIpc) is 3.42. The number of rotatable bonds is 5. The van der Waals surface area contributed by atoms with Crippen LogP contribution in [0, 0.1) is 11.6 Å². The molecule has 2 aliphatic heterocycles. The van der Waals surface area contributed by atoms with Gasteiger partial charge < -0.3 is 20.7 Å². The first-order valence-corrected chi connectivity index (χ1v) is 10.3. The summed E-state index contributed by atoms with van der Waals surface area (Å²) in [6.07, 6.45) is 2.39. The predicted molar refractivity (Wildman–Crippen MR) is 115 cm³/mol. The normalized spacial score (nSPS) is 19.4. The lowest BCUT2D eigenvalue weighted by Crippen LogP contribution is -2.43. The molecule has 2 saturated heterocycles. The van der Waals surface area contributed by atoms with Crippen molar-refractivity contribution >= 4 is 11.6 Å². The number of aromatic nitrogens is 2. The zero-order chi connectivity index (χ0) is 22.4. The van der Waals surface area contributed by atoms with Gasteiger partial charge in [-0.15, -0.1) is 0 Å². The number of anilines is 1. The molecule has 3 heterocycles. The number of carbonyl (C=O) groups excluding carboxylic acids is 1. The van der Waals surface area contributed by atoms with Crippen molar-refractivity contribution in [2.24, 2.45) is 5.73 Å². The van der Waals surface area contributed by atoms with Gasteiger partial charge in [0, 0.05) is 48.2 Å². The quantitative estimate of drug-likeness (QED) is 0.638. The number of amides is 1. The van der Waals surface area contributed by atoms with Crippen LogP contribution in [-0.2, 0) is 0 Å². The van der Waals surface area contributed by atoms with Crippen LogP contribution in [0.2, 0.25) is 0 Å². The highest BCUT2D eigenvalue weighted by Crippen LogP contribution is 2.39. The number of nitrogens with one attached hydrogen (secondary N) is 1. The number of primary amides is 1. The van der Waals surface area contributed by atoms with Gasteiger partial charge in [-0.1, -0.05) is 6.07 Å². The number of nitrogens with zero attached hydrogens (tertiary/aromatic N) is 3. The fourth-order valence-corrected chi connectivity index (χ4v) is 4.61. The van der Waals surface area contributed by atoms with Crippen molar-refractivity contribution in [1.82, 2.24) is 15.3 Å². The van der Waals surface area contributed by atoms with Gasteiger partial charge in [0.25, 0.3) is 5.91 Å². The second kappa shape index (κ2) is 7.83. The summed E-state index contributed by atoms with van der Waals surface area (Å²) in [4.78, 5) is 23.1. The number of hydrogen-bond donors (Lipinski definition) is 2. The van der Waals surface area contributed by atoms with Crippen LogP contribution >= 0.6 is 0 Å². The summed E-state index contributed by atoms with van der Waals surface area (Å²) in [6.45, 7) is 1.62. The highest BCUT2D eigenvalue weighted by atomic mass is 19.1. The SMILES string of the molecule is COc1cccc(F)c1-c1ncc(-c2cc(F)ccc2N2C[C@@H]3C[C@H]2CN3)c(C(N)=O)n1. The third-order valence-electron chi connectivity index (χ3n) is 6.06. The largest absolute Gasteiger partial charge is 0.496 e. The number of methoxy groups -OCH3 is 1. The van der Waals surface area contributed by atoms with Crippen LogP contribution in [0.3, 0.4) is 0 Å². The van der Waals surface area contributed by atoms with Crippen LogP contribution in [0.5, 0.6) is 5.75 Å². The van der Waals surface area contributed by atoms with E-state index >= 15 is 0 Å². The van der Waals surface area contributed by atoms with E-state index in [4.69, 9.17) is 10.5 Å². The highest BCUT2D eigenvalue weighted by molar-refractivity contribution is 6.00. The molecule has 3 aromatic rings. The molecule has 5 rings (SSSR count). The van der Waals surface area contributed by atoms with Gasteiger partial charge in [0.2, 0.25) is 0 Å². The lowest BCUT2D eigenvalue weighted by molar-refractivity contribution is 0.0996. The van der Waals surface area contributed by atoms with E-state index in [1.54, 1.807) is 12.1 Å². The number of halogens is 2. The van der Waals surface area contributed by atoms with Crippen molar-refractivity contribution in [1.29, 1.82) is 0 Å². The molecule has 0 aliphatic carbocycles. The number of nitrogens with two attached hydrogens (primary N) is 1. The van der Waals surface area contributed by atoms with E-state index in [-0.39, 0.29) is 28.9 Å². The van der Waals surface area contributed by atoms with Crippen molar-refractivity contribution in [3.63, 3.8) is 0 Å². The third kappa shape index (κ3) is 3.34. The Bertz CT molecular complexity index is 1220. The van der Waals surface area contributed by atoms with Gasteiger partial charge in [-0.3, -0.25) is 4.79 Å². The molecule has 3 N–H and O–H groups in total. The van der Waals surface area contributed by atoms with E-state index in [0.717, 1.165) is 25.2 Å². The number of carbonyl (C=O) groups is 1. The second-order valence-electron chi connectivity index (χ2n) is 7.95. The molecular formula is C23H21F2N5O2. The van der Waals surface area contributed by atoms with Gasteiger partial charge in [0.1, 0.15) is 23.1 Å². The van der Waals surface area contributed by atoms with Crippen LogP contribution in [0.1, 0.15) is 16.9 Å². The minimum absolute atomic E-state index is 0.0199. The van der Waals surface area contributed by atoms with Crippen LogP contribution in [0.25, 0.3) is 22.5 Å². The first-order chi connectivity index (χ1) is 15.5. The number of benzene rings is 2. The molecule has 164 valence electrons. The van der Waals surface area contributed by atoms with E-state index in [1.165, 1.54) is 37.6 Å². The fourth-order valence-electron chi connectivity index (χ4n) is 4.61. The third-order valence-corrected chi connectivity index (χ3v) is 6.06. The Morgan fingerprint density at radius 2 is 2.09 bits per heavy atom. The lowest BCUT2D eigenvalue weighted by Gasteiger charge is -2.31. The molecule has 1 amide bonds. The molecule has 0 saturated carbocycles. The molecule has 0 spiro atoms. The van der Waals surface area contributed by atoms with Crippen LogP contribution in [0.15, 0.2) is 42.6 Å². The van der Waals surface area contributed by atoms with Crippen LogP contribution in [-0.4, -0.2) is 48.2 Å². The molecule has 9 heteroatoms. The fraction of sp³-hybridized carbons (Fsp3) is 0.261. The maximum Gasteiger partial charge on any atom is 0.268 e. The Morgan fingerprint density at radius 3 is 2.78 bits per heavy atom. The van der Waals surface area contributed by atoms with Crippen molar-refractivity contribution < 1.29 is 18.3 Å². The standard InChI is InChI=1S/C23H21F2N5O2/c1-32-19-4-2-3-17(25)20(19)23-28-10-16(21(29-23)22(26)31)15-7-12(24)5-6-18(15)30-11-13-8-14(30)9-27-13/h2-7,10,13-14,27H,8-9,11H2,1H3,(H2,26,31)/t13-,14-/m0/s1. The van der Waals surface area contributed by atoms with Gasteiger partial charge >= 0.3 is 0 Å². The number of hydrogen-bond acceptors (Lipinski definition) is 6. The Morgan fingerprint density at radius 1 is 1.25 bits per heavy atom. The molecule has 2 aromatic carbocycles. The summed E-state index contributed by atoms with van der Waals surface area (Å²) in [5.41, 5.74) is 7.09. The Hall–Kier alpha value is -3.59. The maximum absolute atomic E-state index is 14.5. The van der Waals surface area contributed by atoms with E-state index < -0.39 is 17.5 Å². The van der Waals surface area contributed by atoms with Crippen LogP contribution in [0.4, 0.5) is 14.5 Å². The molecule has 0 radical (unpaired) electrons. The zero-order valence-electron chi connectivity index (χ0n) is 17.3. The average molecular weight is 437 g/mol. The minimum Gasteiger partial charge on any atom is -0.496 e.